The molecule has 1 aliphatic rings. The second-order valence-electron chi connectivity index (χ2n) is 6.65. The number of nitrogens with one attached hydrogen (secondary N) is 1. The Morgan fingerprint density at radius 1 is 1.38 bits per heavy atom. The van der Waals surface area contributed by atoms with Crippen LogP contribution in [0.5, 0.6) is 5.75 Å². The molecule has 1 saturated heterocycles. The topological polar surface area (TPSA) is 100 Å². The van der Waals surface area contributed by atoms with Crippen LogP contribution in [0.3, 0.4) is 0 Å². The van der Waals surface area contributed by atoms with Crippen molar-refractivity contribution in [3.8, 4) is 17.0 Å². The van der Waals surface area contributed by atoms with Crippen molar-refractivity contribution in [3.63, 3.8) is 0 Å². The number of carbonyl (C=O) groups is 1. The van der Waals surface area contributed by atoms with Crippen LogP contribution >= 0.6 is 0 Å². The number of aromatic nitrogens is 3. The summed E-state index contributed by atoms with van der Waals surface area (Å²) < 4.78 is 43.9. The van der Waals surface area contributed by atoms with Crippen molar-refractivity contribution in [2.45, 2.75) is 26.1 Å². The Morgan fingerprint density at radius 2 is 2.14 bits per heavy atom. The van der Waals surface area contributed by atoms with E-state index in [1.54, 1.807) is 6.92 Å². The molecule has 1 aliphatic heterocycles. The maximum atomic E-state index is 12.8. The largest absolute Gasteiger partial charge is 0.507 e. The van der Waals surface area contributed by atoms with Crippen molar-refractivity contribution >= 4 is 11.9 Å². The first-order valence-corrected chi connectivity index (χ1v) is 8.88. The molecular formula is C18H20F3N5O3. The molecule has 0 saturated carbocycles. The Kier molecular flexibility index (Phi) is 5.87. The van der Waals surface area contributed by atoms with Gasteiger partial charge in [-0.2, -0.15) is 13.2 Å². The van der Waals surface area contributed by atoms with E-state index >= 15 is 0 Å². The third-order valence-electron chi connectivity index (χ3n) is 4.43. The van der Waals surface area contributed by atoms with E-state index in [0.29, 0.717) is 43.9 Å². The summed E-state index contributed by atoms with van der Waals surface area (Å²) in [6.45, 7) is 4.82. The van der Waals surface area contributed by atoms with Gasteiger partial charge in [-0.15, -0.1) is 10.2 Å². The van der Waals surface area contributed by atoms with Gasteiger partial charge in [-0.05, 0) is 25.1 Å². The van der Waals surface area contributed by atoms with Gasteiger partial charge in [0.25, 0.3) is 0 Å². The summed E-state index contributed by atoms with van der Waals surface area (Å²) in [6.07, 6.45) is -4.78. The Bertz CT molecular complexity index is 907. The number of phenols is 1. The predicted octanol–water partition coefficient (Wildman–Crippen LogP) is 1.91. The molecule has 156 valence electrons. The van der Waals surface area contributed by atoms with Crippen LogP contribution in [0.1, 0.15) is 18.2 Å². The van der Waals surface area contributed by atoms with E-state index in [2.05, 4.69) is 20.5 Å². The minimum atomic E-state index is -4.55. The van der Waals surface area contributed by atoms with Gasteiger partial charge >= 0.3 is 6.18 Å². The van der Waals surface area contributed by atoms with E-state index in [9.17, 15) is 23.1 Å². The number of morpholine rings is 1. The normalized spacial score (nSPS) is 17.3. The number of hydrogen-bond acceptors (Lipinski definition) is 7. The number of carbonyl (C=O) groups excluding carboxylic acids is 1. The summed E-state index contributed by atoms with van der Waals surface area (Å²) in [5.74, 6) is -0.359. The number of halogens is 3. The standard InChI is InChI=1S/C18H20F3N5O3/c1-10-16(14-4-3-12(7-15(14)28)18(19,20)21)24-25-17(23-10)26-5-6-29-13(9-26)8-22-11(2)27/h3-4,7,13,28H,5-6,8-9H2,1-2H3,(H,22,27)/t13-/m1/s1. The highest BCUT2D eigenvalue weighted by Crippen LogP contribution is 2.36. The fraction of sp³-hybridized carbons (Fsp3) is 0.444. The van der Waals surface area contributed by atoms with Gasteiger partial charge in [0.1, 0.15) is 11.4 Å². The molecule has 29 heavy (non-hydrogen) atoms. The molecule has 0 bridgehead atoms. The van der Waals surface area contributed by atoms with Crippen LogP contribution in [0, 0.1) is 6.92 Å². The van der Waals surface area contributed by atoms with Crippen molar-refractivity contribution < 1.29 is 27.8 Å². The quantitative estimate of drug-likeness (QED) is 0.793. The first-order chi connectivity index (χ1) is 13.6. The average molecular weight is 411 g/mol. The molecular weight excluding hydrogens is 391 g/mol. The molecule has 1 fully saturated rings. The number of hydrogen-bond donors (Lipinski definition) is 2. The van der Waals surface area contributed by atoms with Crippen LogP contribution in [0.15, 0.2) is 18.2 Å². The van der Waals surface area contributed by atoms with E-state index in [4.69, 9.17) is 4.74 Å². The number of anilines is 1. The number of nitrogens with zero attached hydrogens (tertiary/aromatic N) is 4. The molecule has 8 nitrogen and oxygen atoms in total. The lowest BCUT2D eigenvalue weighted by Crippen LogP contribution is -2.48. The Balaban J connectivity index is 1.79. The van der Waals surface area contributed by atoms with Crippen LogP contribution in [-0.4, -0.2) is 58.5 Å². The molecule has 1 aromatic carbocycles. The third-order valence-corrected chi connectivity index (χ3v) is 4.43. The van der Waals surface area contributed by atoms with Gasteiger partial charge < -0.3 is 20.1 Å². The number of phenolic OH excluding ortho intramolecular Hbond substituents is 1. The predicted molar refractivity (Wildman–Crippen MR) is 97.3 cm³/mol. The van der Waals surface area contributed by atoms with E-state index in [0.717, 1.165) is 12.1 Å². The number of benzene rings is 1. The SMILES string of the molecule is CC(=O)NC[C@@H]1CN(c2nnc(-c3ccc(C(F)(F)F)cc3O)c(C)n2)CCO1. The van der Waals surface area contributed by atoms with Gasteiger partial charge in [-0.1, -0.05) is 0 Å². The van der Waals surface area contributed by atoms with Gasteiger partial charge in [0, 0.05) is 32.1 Å². The molecule has 0 unspecified atom stereocenters. The second-order valence-corrected chi connectivity index (χ2v) is 6.65. The molecule has 1 amide bonds. The highest BCUT2D eigenvalue weighted by atomic mass is 19.4. The number of aromatic hydroxyl groups is 1. The number of amides is 1. The molecule has 1 atom stereocenters. The van der Waals surface area contributed by atoms with Gasteiger partial charge in [0.2, 0.25) is 11.9 Å². The van der Waals surface area contributed by atoms with Crippen LogP contribution in [-0.2, 0) is 15.7 Å². The molecule has 2 heterocycles. The number of rotatable bonds is 4. The van der Waals surface area contributed by atoms with Gasteiger partial charge in [-0.25, -0.2) is 4.98 Å². The molecule has 0 radical (unpaired) electrons. The first kappa shape index (κ1) is 20.8. The molecule has 0 aliphatic carbocycles. The van der Waals surface area contributed by atoms with Crippen molar-refractivity contribution in [2.24, 2.45) is 0 Å². The number of alkyl halides is 3. The Morgan fingerprint density at radius 3 is 2.76 bits per heavy atom. The Labute approximate surface area is 164 Å². The van der Waals surface area contributed by atoms with Crippen molar-refractivity contribution in [1.29, 1.82) is 0 Å². The van der Waals surface area contributed by atoms with Crippen molar-refractivity contribution in [2.75, 3.05) is 31.1 Å². The Hall–Kier alpha value is -2.95. The van der Waals surface area contributed by atoms with Gasteiger partial charge in [0.15, 0.2) is 0 Å². The molecule has 1 aromatic heterocycles. The van der Waals surface area contributed by atoms with Crippen molar-refractivity contribution in [1.82, 2.24) is 20.5 Å². The van der Waals surface area contributed by atoms with Crippen LogP contribution in [0.2, 0.25) is 0 Å². The summed E-state index contributed by atoms with van der Waals surface area (Å²) in [6, 6.07) is 2.67. The smallest absolute Gasteiger partial charge is 0.416 e. The van der Waals surface area contributed by atoms with E-state index in [1.807, 2.05) is 4.90 Å². The lowest BCUT2D eigenvalue weighted by Gasteiger charge is -2.32. The summed E-state index contributed by atoms with van der Waals surface area (Å²) in [7, 11) is 0. The summed E-state index contributed by atoms with van der Waals surface area (Å²) in [5.41, 5.74) is -0.224. The average Bonchev–Trinajstić information content (AvgIpc) is 2.66. The lowest BCUT2D eigenvalue weighted by molar-refractivity contribution is -0.137. The molecule has 11 heteroatoms. The zero-order valence-corrected chi connectivity index (χ0v) is 15.8. The third kappa shape index (κ3) is 4.91. The van der Waals surface area contributed by atoms with Gasteiger partial charge in [-0.3, -0.25) is 4.79 Å². The molecule has 2 aromatic rings. The van der Waals surface area contributed by atoms with E-state index in [-0.39, 0.29) is 23.3 Å². The lowest BCUT2D eigenvalue weighted by atomic mass is 10.1. The van der Waals surface area contributed by atoms with E-state index in [1.165, 1.54) is 6.92 Å². The monoisotopic (exact) mass is 411 g/mol. The second kappa shape index (κ2) is 8.19. The highest BCUT2D eigenvalue weighted by Gasteiger charge is 2.31. The van der Waals surface area contributed by atoms with Crippen LogP contribution in [0.4, 0.5) is 19.1 Å². The highest BCUT2D eigenvalue weighted by molar-refractivity contribution is 5.72. The van der Waals surface area contributed by atoms with Crippen molar-refractivity contribution in [3.05, 3.63) is 29.5 Å². The molecule has 0 spiro atoms. The summed E-state index contributed by atoms with van der Waals surface area (Å²) in [5, 5.41) is 20.9. The van der Waals surface area contributed by atoms with Crippen LogP contribution in [0.25, 0.3) is 11.3 Å². The number of ether oxygens (including phenoxy) is 1. The van der Waals surface area contributed by atoms with Crippen LogP contribution < -0.4 is 10.2 Å². The first-order valence-electron chi connectivity index (χ1n) is 8.88. The maximum Gasteiger partial charge on any atom is 0.416 e. The van der Waals surface area contributed by atoms with E-state index < -0.39 is 17.5 Å². The molecule has 3 rings (SSSR count). The zero-order chi connectivity index (χ0) is 21.2. The maximum absolute atomic E-state index is 12.8. The fourth-order valence-electron chi connectivity index (χ4n) is 2.97. The molecule has 2 N–H and O–H groups in total. The zero-order valence-electron chi connectivity index (χ0n) is 15.8. The minimum Gasteiger partial charge on any atom is -0.507 e. The van der Waals surface area contributed by atoms with Gasteiger partial charge in [0.05, 0.1) is 24.0 Å². The summed E-state index contributed by atoms with van der Waals surface area (Å²) in [4.78, 5) is 17.3. The number of aryl methyl sites for hydroxylation is 1. The summed E-state index contributed by atoms with van der Waals surface area (Å²) >= 11 is 0. The fourth-order valence-corrected chi connectivity index (χ4v) is 2.97. The minimum absolute atomic E-state index is 0.118.